The first-order valence-electron chi connectivity index (χ1n) is 4.41. The van der Waals surface area contributed by atoms with Gasteiger partial charge in [-0.15, -0.1) is 0 Å². The lowest BCUT2D eigenvalue weighted by molar-refractivity contribution is 0.103. The van der Waals surface area contributed by atoms with Crippen LogP contribution >= 0.6 is 0 Å². The van der Waals surface area contributed by atoms with E-state index < -0.39 is 6.10 Å². The molecule has 3 unspecified atom stereocenters. The first kappa shape index (κ1) is 9.50. The van der Waals surface area contributed by atoms with E-state index in [-0.39, 0.29) is 12.0 Å². The molecule has 1 rings (SSSR count). The fourth-order valence-corrected chi connectivity index (χ4v) is 1.83. The van der Waals surface area contributed by atoms with E-state index in [1.54, 1.807) is 0 Å². The van der Waals surface area contributed by atoms with Crippen molar-refractivity contribution in [2.45, 2.75) is 39.0 Å². The number of nitriles is 1. The highest BCUT2D eigenvalue weighted by Crippen LogP contribution is 2.24. The number of aliphatic hydroxyl groups excluding tert-OH is 1. The van der Waals surface area contributed by atoms with Crippen LogP contribution in [0.5, 0.6) is 0 Å². The van der Waals surface area contributed by atoms with Gasteiger partial charge in [0.15, 0.2) is 0 Å². The molecule has 3 heteroatoms. The van der Waals surface area contributed by atoms with Crippen LogP contribution in [0.4, 0.5) is 0 Å². The van der Waals surface area contributed by atoms with Crippen LogP contribution in [-0.2, 0) is 0 Å². The zero-order chi connectivity index (χ0) is 9.30. The molecule has 1 aliphatic rings. The second-order valence-corrected chi connectivity index (χ2v) is 3.76. The van der Waals surface area contributed by atoms with Crippen LogP contribution in [0.15, 0.2) is 0 Å². The molecule has 0 aromatic heterocycles. The second kappa shape index (κ2) is 3.42. The van der Waals surface area contributed by atoms with Gasteiger partial charge in [0.05, 0.1) is 18.1 Å². The highest BCUT2D eigenvalue weighted by Gasteiger charge is 2.38. The van der Waals surface area contributed by atoms with E-state index in [4.69, 9.17) is 5.26 Å². The molecule has 1 N–H and O–H groups in total. The Balaban J connectivity index is 2.68. The zero-order valence-corrected chi connectivity index (χ0v) is 7.86. The largest absolute Gasteiger partial charge is 0.390 e. The number of nitrogens with zero attached hydrogens (tertiary/aromatic N) is 2. The highest BCUT2D eigenvalue weighted by molar-refractivity contribution is 5.01. The van der Waals surface area contributed by atoms with Gasteiger partial charge in [0.25, 0.3) is 0 Å². The Labute approximate surface area is 73.6 Å². The first-order chi connectivity index (χ1) is 5.57. The Morgan fingerprint density at radius 1 is 1.58 bits per heavy atom. The summed E-state index contributed by atoms with van der Waals surface area (Å²) in [6.45, 7) is 6.85. The van der Waals surface area contributed by atoms with Gasteiger partial charge in [0.1, 0.15) is 0 Å². The van der Waals surface area contributed by atoms with Crippen LogP contribution in [0.25, 0.3) is 0 Å². The van der Waals surface area contributed by atoms with Crippen molar-refractivity contribution in [3.05, 3.63) is 0 Å². The maximum Gasteiger partial charge on any atom is 0.0864 e. The lowest BCUT2D eigenvalue weighted by Gasteiger charge is -2.25. The van der Waals surface area contributed by atoms with Crippen LogP contribution in [0.2, 0.25) is 0 Å². The molecule has 0 aromatic rings. The van der Waals surface area contributed by atoms with Gasteiger partial charge in [-0.05, 0) is 20.8 Å². The molecule has 3 nitrogen and oxygen atoms in total. The molecule has 1 fully saturated rings. The van der Waals surface area contributed by atoms with E-state index in [1.165, 1.54) is 0 Å². The predicted octanol–water partition coefficient (Wildman–Crippen LogP) is 0.600. The van der Waals surface area contributed by atoms with Crippen LogP contribution < -0.4 is 0 Å². The Bertz CT molecular complexity index is 197. The summed E-state index contributed by atoms with van der Waals surface area (Å²) in [5.74, 6) is -0.206. The van der Waals surface area contributed by atoms with E-state index in [0.717, 1.165) is 0 Å². The molecule has 68 valence electrons. The topological polar surface area (TPSA) is 47.3 Å². The Kier molecular flexibility index (Phi) is 2.71. The minimum Gasteiger partial charge on any atom is -0.390 e. The third-order valence-corrected chi connectivity index (χ3v) is 2.67. The molecular formula is C9H16N2O. The number of likely N-dealkylation sites (tertiary alicyclic amines) is 1. The van der Waals surface area contributed by atoms with Crippen molar-refractivity contribution in [1.82, 2.24) is 4.90 Å². The molecule has 1 heterocycles. The maximum atomic E-state index is 9.61. The lowest BCUT2D eigenvalue weighted by atomic mass is 10.1. The van der Waals surface area contributed by atoms with Gasteiger partial charge in [-0.25, -0.2) is 0 Å². The summed E-state index contributed by atoms with van der Waals surface area (Å²) in [6, 6.07) is 2.67. The summed E-state index contributed by atoms with van der Waals surface area (Å²) < 4.78 is 0. The molecule has 0 aliphatic carbocycles. The molecule has 0 bridgehead atoms. The number of hydrogen-bond donors (Lipinski definition) is 1. The average molecular weight is 168 g/mol. The van der Waals surface area contributed by atoms with E-state index in [1.807, 2.05) is 6.92 Å². The van der Waals surface area contributed by atoms with Crippen molar-refractivity contribution < 1.29 is 5.11 Å². The molecule has 12 heavy (non-hydrogen) atoms. The van der Waals surface area contributed by atoms with Gasteiger partial charge in [-0.1, -0.05) is 0 Å². The number of aliphatic hydroxyl groups is 1. The van der Waals surface area contributed by atoms with Gasteiger partial charge in [0.2, 0.25) is 0 Å². The quantitative estimate of drug-likeness (QED) is 0.623. The van der Waals surface area contributed by atoms with Gasteiger partial charge < -0.3 is 5.11 Å². The molecule has 1 saturated heterocycles. The molecule has 0 spiro atoms. The van der Waals surface area contributed by atoms with Gasteiger partial charge >= 0.3 is 0 Å². The molecular weight excluding hydrogens is 152 g/mol. The van der Waals surface area contributed by atoms with E-state index in [0.29, 0.717) is 12.6 Å². The number of rotatable bonds is 1. The fourth-order valence-electron chi connectivity index (χ4n) is 1.83. The summed E-state index contributed by atoms with van der Waals surface area (Å²) >= 11 is 0. The lowest BCUT2D eigenvalue weighted by Crippen LogP contribution is -2.37. The summed E-state index contributed by atoms with van der Waals surface area (Å²) in [7, 11) is 0. The van der Waals surface area contributed by atoms with E-state index in [2.05, 4.69) is 24.8 Å². The van der Waals surface area contributed by atoms with Gasteiger partial charge in [-0.3, -0.25) is 4.90 Å². The van der Waals surface area contributed by atoms with Gasteiger partial charge in [0, 0.05) is 18.6 Å². The van der Waals surface area contributed by atoms with E-state index >= 15 is 0 Å². The summed E-state index contributed by atoms with van der Waals surface area (Å²) in [4.78, 5) is 2.17. The summed E-state index contributed by atoms with van der Waals surface area (Å²) in [5.41, 5.74) is 0. The monoisotopic (exact) mass is 168 g/mol. The second-order valence-electron chi connectivity index (χ2n) is 3.76. The molecule has 0 aromatic carbocycles. The Morgan fingerprint density at radius 2 is 2.17 bits per heavy atom. The number of hydrogen-bond acceptors (Lipinski definition) is 3. The smallest absolute Gasteiger partial charge is 0.0864 e. The fraction of sp³-hybridized carbons (Fsp3) is 0.889. The van der Waals surface area contributed by atoms with Crippen molar-refractivity contribution >= 4 is 0 Å². The van der Waals surface area contributed by atoms with Gasteiger partial charge in [-0.2, -0.15) is 5.26 Å². The van der Waals surface area contributed by atoms with Crippen molar-refractivity contribution in [2.75, 3.05) is 6.54 Å². The molecule has 0 amide bonds. The normalized spacial score (nSPS) is 37.2. The van der Waals surface area contributed by atoms with E-state index in [9.17, 15) is 5.11 Å². The summed E-state index contributed by atoms with van der Waals surface area (Å²) in [6.07, 6.45) is -0.475. The van der Waals surface area contributed by atoms with Crippen LogP contribution in [0.3, 0.4) is 0 Å². The maximum absolute atomic E-state index is 9.61. The Morgan fingerprint density at radius 3 is 2.42 bits per heavy atom. The Hall–Kier alpha value is -0.590. The molecule has 3 atom stereocenters. The minimum absolute atomic E-state index is 0.120. The summed E-state index contributed by atoms with van der Waals surface area (Å²) in [5, 5.41) is 18.3. The zero-order valence-electron chi connectivity index (χ0n) is 7.86. The molecule has 0 radical (unpaired) electrons. The molecule has 1 aliphatic heterocycles. The highest BCUT2D eigenvalue weighted by atomic mass is 16.3. The van der Waals surface area contributed by atoms with Crippen molar-refractivity contribution in [1.29, 1.82) is 5.26 Å². The third kappa shape index (κ3) is 1.45. The van der Waals surface area contributed by atoms with Crippen LogP contribution in [-0.4, -0.2) is 34.7 Å². The molecule has 0 saturated carbocycles. The average Bonchev–Trinajstić information content (AvgIpc) is 2.30. The first-order valence-corrected chi connectivity index (χ1v) is 4.41. The predicted molar refractivity (Wildman–Crippen MR) is 46.4 cm³/mol. The minimum atomic E-state index is -0.475. The van der Waals surface area contributed by atoms with Crippen molar-refractivity contribution in [3.63, 3.8) is 0 Å². The van der Waals surface area contributed by atoms with Crippen LogP contribution in [0.1, 0.15) is 20.8 Å². The standard InChI is InChI=1S/C9H16N2O/c1-6(2)11-5-8(4-10)9(12)7(11)3/h6-9,12H,5H2,1-3H3. The van der Waals surface area contributed by atoms with Crippen molar-refractivity contribution in [2.24, 2.45) is 5.92 Å². The van der Waals surface area contributed by atoms with Crippen LogP contribution in [0, 0.1) is 17.2 Å². The SMILES string of the molecule is CC(C)N1CC(C#N)C(O)C1C. The third-order valence-electron chi connectivity index (χ3n) is 2.67. The van der Waals surface area contributed by atoms with Crippen molar-refractivity contribution in [3.8, 4) is 6.07 Å².